The fourth-order valence-electron chi connectivity index (χ4n) is 9.12. The van der Waals surface area contributed by atoms with Crippen molar-refractivity contribution in [1.29, 1.82) is 0 Å². The zero-order valence-corrected chi connectivity index (χ0v) is 73.7. The molecule has 0 aliphatic rings. The first kappa shape index (κ1) is 133. The molecule has 764 valence electrons. The Kier molecular flexibility index (Phi) is 61.6. The van der Waals surface area contributed by atoms with Crippen molar-refractivity contribution in [3.05, 3.63) is 61.8 Å². The van der Waals surface area contributed by atoms with Crippen LogP contribution in [0.2, 0.25) is 0 Å². The molecule has 0 unspecified atom stereocenters. The van der Waals surface area contributed by atoms with Gasteiger partial charge in [0.1, 0.15) is 25.4 Å². The molecule has 0 aromatic rings. The number of hydrogen-bond donors (Lipinski definition) is 0. The average Bonchev–Trinajstić information content (AvgIpc) is 0.820. The molecule has 0 saturated heterocycles. The van der Waals surface area contributed by atoms with Crippen LogP contribution in [0.1, 0.15) is 188 Å². The van der Waals surface area contributed by atoms with Gasteiger partial charge >= 0.3 is 66.6 Å². The lowest BCUT2D eigenvalue weighted by Gasteiger charge is -2.27. The van der Waals surface area contributed by atoms with Crippen LogP contribution in [0.25, 0.3) is 0 Å². The second-order valence-corrected chi connectivity index (χ2v) is 35.9. The highest BCUT2D eigenvalue weighted by Crippen LogP contribution is 2.51. The molecule has 0 aromatic carbocycles. The SMILES string of the molecule is C=C(C)C(=O)CCSCSCCC(F)(F)CC(F)(F)CC(F)(F)C(F)(F)F.C=C(C)C(=O)OCCSCCSCCC(F)(F)CC(F)(F)CC(F)(F)CC(F)(F)F.C=C(C)C(=O)OCSCSCCC(F)(F)CC(F)(F)C(F)(F)F.C=CC(=O)CCCCCCCC(F)(F)CC(F)(F)CC(F)(F)F.C=CC(=O)OCCCCCCC(F)(F)CC(F)(F)CC(F)(F)C(F)(F)F. The van der Waals surface area contributed by atoms with Crippen molar-refractivity contribution in [1.82, 2.24) is 0 Å². The summed E-state index contributed by atoms with van der Waals surface area (Å²) in [5, 5.41) is 0.511. The maximum atomic E-state index is 13.6. The number of alkyl halides is 41. The lowest BCUT2D eigenvalue weighted by molar-refractivity contribution is -0.304. The van der Waals surface area contributed by atoms with E-state index in [1.54, 1.807) is 6.92 Å². The Balaban J connectivity index is -0.000000498. The number of allylic oxidation sites excluding steroid dienone is 2. The number of unbranched alkanes of at least 4 members (excludes halogenated alkanes) is 7. The van der Waals surface area contributed by atoms with Gasteiger partial charge in [-0.05, 0) is 75.4 Å². The molecule has 0 heterocycles. The number of thioether (sulfide) groups is 6. The van der Waals surface area contributed by atoms with Crippen LogP contribution in [-0.2, 0) is 38.2 Å². The van der Waals surface area contributed by atoms with Crippen LogP contribution in [0, 0.1) is 0 Å². The highest BCUT2D eigenvalue weighted by molar-refractivity contribution is 8.16. The summed E-state index contributed by atoms with van der Waals surface area (Å²) in [6, 6.07) is 0. The topological polar surface area (TPSA) is 113 Å². The van der Waals surface area contributed by atoms with E-state index in [1.165, 1.54) is 43.4 Å². The summed E-state index contributed by atoms with van der Waals surface area (Å²) in [6.07, 6.45) is -54.5. The van der Waals surface area contributed by atoms with Crippen LogP contribution in [0.3, 0.4) is 0 Å². The van der Waals surface area contributed by atoms with E-state index in [1.807, 2.05) is 0 Å². The summed E-state index contributed by atoms with van der Waals surface area (Å²) in [6.45, 7) is 21.3. The highest BCUT2D eigenvalue weighted by Gasteiger charge is 2.65. The van der Waals surface area contributed by atoms with Gasteiger partial charge in [-0.2, -0.15) is 151 Å². The van der Waals surface area contributed by atoms with E-state index in [0.717, 1.165) is 53.1 Å². The smallest absolute Gasteiger partial charge is 0.453 e. The summed E-state index contributed by atoms with van der Waals surface area (Å²) in [5.74, 6) is -61.8. The summed E-state index contributed by atoms with van der Waals surface area (Å²) in [4.78, 5) is 54.9. The van der Waals surface area contributed by atoms with E-state index in [2.05, 4.69) is 37.6 Å². The molecule has 0 aliphatic heterocycles. The number of ketones is 2. The third-order valence-corrected chi connectivity index (χ3v) is 21.8. The van der Waals surface area contributed by atoms with Crippen molar-refractivity contribution in [3.63, 3.8) is 0 Å². The zero-order chi connectivity index (χ0) is 102. The van der Waals surface area contributed by atoms with Gasteiger partial charge in [-0.3, -0.25) is 9.59 Å². The number of halogens is 41. The van der Waals surface area contributed by atoms with Crippen molar-refractivity contribution in [3.8, 4) is 0 Å². The minimum absolute atomic E-state index is 0.0197. The van der Waals surface area contributed by atoms with Gasteiger partial charge < -0.3 is 14.2 Å². The van der Waals surface area contributed by atoms with Gasteiger partial charge in [0, 0.05) is 95.3 Å². The minimum Gasteiger partial charge on any atom is -0.463 e. The van der Waals surface area contributed by atoms with Crippen LogP contribution >= 0.6 is 70.6 Å². The van der Waals surface area contributed by atoms with Crippen molar-refractivity contribution in [2.24, 2.45) is 0 Å². The quantitative estimate of drug-likeness (QED) is 0.0144. The van der Waals surface area contributed by atoms with Gasteiger partial charge in [0.05, 0.1) is 58.0 Å². The van der Waals surface area contributed by atoms with E-state index >= 15 is 0 Å². The van der Waals surface area contributed by atoms with Gasteiger partial charge in [0.2, 0.25) is 0 Å². The maximum Gasteiger partial charge on any atom is 0.453 e. The Morgan fingerprint density at radius 1 is 0.271 bits per heavy atom. The van der Waals surface area contributed by atoms with Crippen LogP contribution in [0.5, 0.6) is 0 Å². The molecule has 0 amide bonds. The van der Waals surface area contributed by atoms with Crippen molar-refractivity contribution < 1.29 is 218 Å². The lowest BCUT2D eigenvalue weighted by atomic mass is 9.98. The predicted octanol–water partition coefficient (Wildman–Crippen LogP) is 30.3. The number of hydrogen-bond acceptors (Lipinski definition) is 14. The fraction of sp³-hybridized carbons (Fsp3) is 0.797. The fourth-order valence-corrected chi connectivity index (χ4v) is 15.2. The first-order chi connectivity index (χ1) is 57.7. The third kappa shape index (κ3) is 75.6. The predicted molar refractivity (Wildman–Crippen MR) is 412 cm³/mol. The van der Waals surface area contributed by atoms with Crippen LogP contribution in [0.15, 0.2) is 61.8 Å². The molecular formula is C74H97F41O8S6. The molecule has 0 aliphatic carbocycles. The van der Waals surface area contributed by atoms with E-state index in [9.17, 15) is 204 Å². The summed E-state index contributed by atoms with van der Waals surface area (Å²) in [5.41, 5.74) is 0.842. The molecule has 0 bridgehead atoms. The standard InChI is InChI=1S/C17H23F9O2S2.C15H19F9O2.C15H19F9OS2.C15H21F7O.C12H15F7O2S2/c1-12(2)13(27)28-4-6-30-8-7-29-5-3-14(18,19)9-15(20,21)10-16(22,23)11-17(24,25)26;1-2-11(25)26-8-6-4-3-5-7-12(16,17)9-13(18,19)10-14(20,21)15(22,23)24;1-10(2)11(25)3-5-26-9-27-6-4-12(16,17)7-13(18,19)8-14(20,21)15(22,23)24;1-2-12(23)8-6-4-3-5-7-9-13(16,17)10-14(18,19)11-15(20,21)22;1-8(2)9(20)21-6-23-7-22-4-3-10(13,14)5-11(15,16)12(17,18)19/h1,3-11H2,2H3;2H,1,3-10H2;1,3-9H2,2H3;2H,1,3-11H2;1,3-7H2,2H3. The number of Topliss-reactive ketones (excluding diaryl/α,β-unsaturated/α-hetero) is 1. The van der Waals surface area contributed by atoms with Crippen LogP contribution < -0.4 is 0 Å². The molecular weight excluding hydrogens is 1990 g/mol. The molecule has 0 atom stereocenters. The Hall–Kier alpha value is -4.32. The minimum atomic E-state index is -6.24. The molecule has 0 spiro atoms. The second-order valence-electron chi connectivity index (χ2n) is 28.5. The van der Waals surface area contributed by atoms with E-state index in [4.69, 9.17) is 9.47 Å². The Bertz CT molecular complexity index is 3270. The normalized spacial score (nSPS) is 13.4. The number of rotatable bonds is 62. The van der Waals surface area contributed by atoms with E-state index < -0.39 is 222 Å². The summed E-state index contributed by atoms with van der Waals surface area (Å²) < 4.78 is 534. The lowest BCUT2D eigenvalue weighted by Crippen LogP contribution is -2.43. The molecule has 8 nitrogen and oxygen atoms in total. The molecule has 129 heavy (non-hydrogen) atoms. The van der Waals surface area contributed by atoms with Gasteiger partial charge in [-0.1, -0.05) is 65.0 Å². The maximum absolute atomic E-state index is 13.6. The van der Waals surface area contributed by atoms with Gasteiger partial charge in [-0.15, -0.1) is 11.8 Å². The van der Waals surface area contributed by atoms with Gasteiger partial charge in [0.15, 0.2) is 11.6 Å². The second kappa shape index (κ2) is 59.6. The third-order valence-electron chi connectivity index (χ3n) is 15.2. The van der Waals surface area contributed by atoms with Crippen molar-refractivity contribution in [2.75, 3.05) is 69.6 Å². The number of carbonyl (C=O) groups excluding carboxylic acids is 5. The van der Waals surface area contributed by atoms with Crippen LogP contribution in [-0.4, -0.2) is 207 Å². The number of ether oxygens (including phenoxy) is 3. The molecule has 55 heteroatoms. The first-order valence-electron chi connectivity index (χ1n) is 37.2. The van der Waals surface area contributed by atoms with Crippen molar-refractivity contribution >= 4 is 100 Å². The monoisotopic (exact) mass is 2080 g/mol. The molecule has 0 fully saturated rings. The number of esters is 3. The largest absolute Gasteiger partial charge is 0.463 e. The van der Waals surface area contributed by atoms with Crippen molar-refractivity contribution in [2.45, 2.75) is 296 Å². The van der Waals surface area contributed by atoms with Crippen LogP contribution in [0.4, 0.5) is 180 Å². The average molecular weight is 2090 g/mol. The van der Waals surface area contributed by atoms with E-state index in [-0.39, 0.29) is 89.9 Å². The summed E-state index contributed by atoms with van der Waals surface area (Å²) in [7, 11) is 0. The molecule has 0 saturated carbocycles. The molecule has 0 N–H and O–H groups in total. The molecule has 0 aromatic heterocycles. The summed E-state index contributed by atoms with van der Waals surface area (Å²) >= 11 is 6.61. The molecule has 0 radical (unpaired) electrons. The highest BCUT2D eigenvalue weighted by atomic mass is 32.2. The Labute approximate surface area is 742 Å². The van der Waals surface area contributed by atoms with Gasteiger partial charge in [0.25, 0.3) is 59.2 Å². The first-order valence-corrected chi connectivity index (χ1v) is 44.1. The van der Waals surface area contributed by atoms with Gasteiger partial charge in [-0.25, -0.2) is 102 Å². The number of carbonyl (C=O) groups is 5. The molecule has 0 rings (SSSR count). The zero-order valence-electron chi connectivity index (χ0n) is 68.8. The Morgan fingerprint density at radius 2 is 0.566 bits per heavy atom. The van der Waals surface area contributed by atoms with E-state index in [0.29, 0.717) is 78.6 Å². The Morgan fingerprint density at radius 3 is 0.922 bits per heavy atom.